The van der Waals surface area contributed by atoms with Gasteiger partial charge in [0.05, 0.1) is 5.69 Å². The molecule has 6 heteroatoms. The van der Waals surface area contributed by atoms with E-state index in [-0.39, 0.29) is 11.4 Å². The number of nitrogen functional groups attached to an aromatic ring is 1. The first-order chi connectivity index (χ1) is 9.04. The molecule has 0 unspecified atom stereocenters. The number of pyridine rings is 1. The van der Waals surface area contributed by atoms with Crippen molar-refractivity contribution in [1.82, 2.24) is 15.0 Å². The number of hydrogen-bond acceptors (Lipinski definition) is 5. The molecule has 0 aliphatic carbocycles. The number of carboxylic acid groups (broad SMARTS) is 1. The molecule has 0 aliphatic heterocycles. The highest BCUT2D eigenvalue weighted by atomic mass is 16.4. The predicted octanol–water partition coefficient (Wildman–Crippen LogP) is 1.69. The smallest absolute Gasteiger partial charge is 0.341 e. The van der Waals surface area contributed by atoms with Crippen LogP contribution in [0.3, 0.4) is 0 Å². The maximum Gasteiger partial charge on any atom is 0.341 e. The highest BCUT2D eigenvalue weighted by Gasteiger charge is 2.17. The van der Waals surface area contributed by atoms with Crippen LogP contribution in [-0.4, -0.2) is 26.0 Å². The highest BCUT2D eigenvalue weighted by molar-refractivity contribution is 5.94. The first-order valence-corrected chi connectivity index (χ1v) is 5.85. The Balaban J connectivity index is 2.62. The lowest BCUT2D eigenvalue weighted by molar-refractivity contribution is 0.0696. The zero-order valence-electron chi connectivity index (χ0n) is 10.7. The van der Waals surface area contributed by atoms with E-state index in [0.717, 1.165) is 17.5 Å². The number of nitrogens with two attached hydrogens (primary N) is 1. The largest absolute Gasteiger partial charge is 0.477 e. The summed E-state index contributed by atoms with van der Waals surface area (Å²) in [6.07, 6.45) is 4.18. The molecule has 2 heterocycles. The predicted molar refractivity (Wildman–Crippen MR) is 70.7 cm³/mol. The average molecular weight is 258 g/mol. The quantitative estimate of drug-likeness (QED) is 0.868. The van der Waals surface area contributed by atoms with E-state index in [2.05, 4.69) is 15.0 Å². The molecule has 2 aromatic rings. The number of rotatable bonds is 3. The normalized spacial score (nSPS) is 10.4. The van der Waals surface area contributed by atoms with Crippen LogP contribution in [0.2, 0.25) is 0 Å². The Morgan fingerprint density at radius 3 is 2.74 bits per heavy atom. The van der Waals surface area contributed by atoms with Gasteiger partial charge in [0.25, 0.3) is 0 Å². The zero-order chi connectivity index (χ0) is 14.0. The molecule has 2 aromatic heterocycles. The summed E-state index contributed by atoms with van der Waals surface area (Å²) < 4.78 is 0. The van der Waals surface area contributed by atoms with E-state index in [4.69, 9.17) is 10.8 Å². The topological polar surface area (TPSA) is 102 Å². The van der Waals surface area contributed by atoms with Gasteiger partial charge in [-0.2, -0.15) is 0 Å². The minimum atomic E-state index is -1.12. The molecular weight excluding hydrogens is 244 g/mol. The summed E-state index contributed by atoms with van der Waals surface area (Å²) in [5.74, 6) is -0.708. The van der Waals surface area contributed by atoms with Crippen LogP contribution in [-0.2, 0) is 6.42 Å². The van der Waals surface area contributed by atoms with Gasteiger partial charge in [-0.05, 0) is 25.0 Å². The lowest BCUT2D eigenvalue weighted by atomic mass is 10.1. The second kappa shape index (κ2) is 5.01. The SMILES string of the molecule is CCc1cnccc1-c1nc(C)c(C(=O)O)c(N)n1. The summed E-state index contributed by atoms with van der Waals surface area (Å²) in [6.45, 7) is 3.61. The van der Waals surface area contributed by atoms with Gasteiger partial charge >= 0.3 is 5.97 Å². The van der Waals surface area contributed by atoms with Crippen LogP contribution in [0.1, 0.15) is 28.5 Å². The monoisotopic (exact) mass is 258 g/mol. The minimum Gasteiger partial charge on any atom is -0.477 e. The molecule has 3 N–H and O–H groups in total. The van der Waals surface area contributed by atoms with Gasteiger partial charge in [-0.3, -0.25) is 4.98 Å². The molecule has 0 radical (unpaired) electrons. The van der Waals surface area contributed by atoms with Crippen molar-refractivity contribution in [3.8, 4) is 11.4 Å². The second-order valence-electron chi connectivity index (χ2n) is 4.08. The Hall–Kier alpha value is -2.50. The number of carboxylic acids is 1. The molecular formula is C13H14N4O2. The third-order valence-electron chi connectivity index (χ3n) is 2.86. The Kier molecular flexibility index (Phi) is 3.41. The van der Waals surface area contributed by atoms with Crippen molar-refractivity contribution in [2.45, 2.75) is 20.3 Å². The molecule has 0 atom stereocenters. The number of aryl methyl sites for hydroxylation is 2. The summed E-state index contributed by atoms with van der Waals surface area (Å²) in [6, 6.07) is 1.80. The number of hydrogen-bond donors (Lipinski definition) is 2. The van der Waals surface area contributed by atoms with Crippen molar-refractivity contribution in [3.63, 3.8) is 0 Å². The third-order valence-corrected chi connectivity index (χ3v) is 2.86. The molecule has 0 saturated carbocycles. The number of anilines is 1. The number of carbonyl (C=O) groups is 1. The lowest BCUT2D eigenvalue weighted by Crippen LogP contribution is -2.10. The maximum absolute atomic E-state index is 11.0. The lowest BCUT2D eigenvalue weighted by Gasteiger charge is -2.09. The number of aromatic nitrogens is 3. The molecule has 0 bridgehead atoms. The second-order valence-corrected chi connectivity index (χ2v) is 4.08. The Bertz CT molecular complexity index is 617. The van der Waals surface area contributed by atoms with Crippen molar-refractivity contribution in [2.24, 2.45) is 0 Å². The van der Waals surface area contributed by atoms with E-state index in [1.807, 2.05) is 6.92 Å². The van der Waals surface area contributed by atoms with Crippen LogP contribution in [0.4, 0.5) is 5.82 Å². The van der Waals surface area contributed by atoms with Gasteiger partial charge in [-0.25, -0.2) is 14.8 Å². The Labute approximate surface area is 110 Å². The summed E-state index contributed by atoms with van der Waals surface area (Å²) in [7, 11) is 0. The maximum atomic E-state index is 11.0. The van der Waals surface area contributed by atoms with Crippen molar-refractivity contribution in [1.29, 1.82) is 0 Å². The average Bonchev–Trinajstić information content (AvgIpc) is 2.37. The van der Waals surface area contributed by atoms with Crippen LogP contribution in [0.25, 0.3) is 11.4 Å². The van der Waals surface area contributed by atoms with Crippen LogP contribution in [0.5, 0.6) is 0 Å². The van der Waals surface area contributed by atoms with Crippen LogP contribution in [0, 0.1) is 6.92 Å². The summed E-state index contributed by atoms with van der Waals surface area (Å²) in [5, 5.41) is 9.04. The van der Waals surface area contributed by atoms with Crippen LogP contribution in [0.15, 0.2) is 18.5 Å². The Morgan fingerprint density at radius 1 is 1.42 bits per heavy atom. The highest BCUT2D eigenvalue weighted by Crippen LogP contribution is 2.23. The van der Waals surface area contributed by atoms with Gasteiger partial charge in [0.2, 0.25) is 0 Å². The molecule has 98 valence electrons. The molecule has 0 amide bonds. The molecule has 19 heavy (non-hydrogen) atoms. The molecule has 0 saturated heterocycles. The fourth-order valence-corrected chi connectivity index (χ4v) is 1.91. The van der Waals surface area contributed by atoms with Crippen LogP contribution < -0.4 is 5.73 Å². The van der Waals surface area contributed by atoms with E-state index in [1.54, 1.807) is 25.4 Å². The van der Waals surface area contributed by atoms with Crippen molar-refractivity contribution in [2.75, 3.05) is 5.73 Å². The molecule has 0 aromatic carbocycles. The van der Waals surface area contributed by atoms with Gasteiger partial charge in [0.1, 0.15) is 11.4 Å². The van der Waals surface area contributed by atoms with E-state index in [1.165, 1.54) is 0 Å². The molecule has 0 aliphatic rings. The fraction of sp³-hybridized carbons (Fsp3) is 0.231. The standard InChI is InChI=1S/C13H14N4O2/c1-3-8-6-15-5-4-9(8)12-16-7(2)10(13(18)19)11(14)17-12/h4-6H,3H2,1-2H3,(H,18,19)(H2,14,16,17). The zero-order valence-corrected chi connectivity index (χ0v) is 10.7. The van der Waals surface area contributed by atoms with E-state index in [0.29, 0.717) is 11.5 Å². The molecule has 2 rings (SSSR count). The van der Waals surface area contributed by atoms with E-state index in [9.17, 15) is 4.79 Å². The molecule has 0 fully saturated rings. The first-order valence-electron chi connectivity index (χ1n) is 5.85. The van der Waals surface area contributed by atoms with E-state index >= 15 is 0 Å². The van der Waals surface area contributed by atoms with Gasteiger partial charge in [0.15, 0.2) is 5.82 Å². The minimum absolute atomic E-state index is 0.0196. The first kappa shape index (κ1) is 12.9. The van der Waals surface area contributed by atoms with Gasteiger partial charge in [-0.15, -0.1) is 0 Å². The molecule has 0 spiro atoms. The van der Waals surface area contributed by atoms with Gasteiger partial charge < -0.3 is 10.8 Å². The molecule has 6 nitrogen and oxygen atoms in total. The third kappa shape index (κ3) is 2.37. The van der Waals surface area contributed by atoms with Gasteiger partial charge in [0, 0.05) is 18.0 Å². The van der Waals surface area contributed by atoms with E-state index < -0.39 is 5.97 Å². The van der Waals surface area contributed by atoms with Crippen molar-refractivity contribution in [3.05, 3.63) is 35.3 Å². The number of nitrogens with zero attached hydrogens (tertiary/aromatic N) is 3. The Morgan fingerprint density at radius 2 is 2.16 bits per heavy atom. The number of aromatic carboxylic acids is 1. The van der Waals surface area contributed by atoms with Gasteiger partial charge in [-0.1, -0.05) is 6.92 Å². The summed E-state index contributed by atoms with van der Waals surface area (Å²) >= 11 is 0. The van der Waals surface area contributed by atoms with Crippen molar-refractivity contribution >= 4 is 11.8 Å². The summed E-state index contributed by atoms with van der Waals surface area (Å²) in [4.78, 5) is 23.4. The van der Waals surface area contributed by atoms with Crippen molar-refractivity contribution < 1.29 is 9.90 Å². The summed E-state index contributed by atoms with van der Waals surface area (Å²) in [5.41, 5.74) is 7.83. The van der Waals surface area contributed by atoms with Crippen LogP contribution >= 0.6 is 0 Å². The fourth-order valence-electron chi connectivity index (χ4n) is 1.91.